The molecule has 0 unspecified atom stereocenters. The van der Waals surface area contributed by atoms with Crippen LogP contribution in [0, 0.1) is 5.82 Å². The number of benzene rings is 2. The fraction of sp³-hybridized carbons (Fsp3) is 0.240. The topological polar surface area (TPSA) is 95.1 Å². The molecule has 2 aromatic heterocycles. The van der Waals surface area contributed by atoms with Crippen LogP contribution in [0.1, 0.15) is 31.0 Å². The molecule has 2 heterocycles. The zero-order chi connectivity index (χ0) is 23.5. The summed E-state index contributed by atoms with van der Waals surface area (Å²) in [5.74, 6) is 1.53. The van der Waals surface area contributed by atoms with Crippen molar-refractivity contribution in [3.63, 3.8) is 0 Å². The molecule has 33 heavy (non-hydrogen) atoms. The maximum atomic E-state index is 14.4. The van der Waals surface area contributed by atoms with Gasteiger partial charge in [-0.2, -0.15) is 0 Å². The van der Waals surface area contributed by atoms with E-state index in [1.54, 1.807) is 24.4 Å². The van der Waals surface area contributed by atoms with Crippen molar-refractivity contribution in [2.75, 3.05) is 11.9 Å². The average molecular weight is 448 g/mol. The van der Waals surface area contributed by atoms with E-state index in [-0.39, 0.29) is 30.5 Å². The Kier molecular flexibility index (Phi) is 6.37. The maximum absolute atomic E-state index is 14.4. The molecule has 0 aliphatic carbocycles. The van der Waals surface area contributed by atoms with Crippen LogP contribution in [0.15, 0.2) is 54.7 Å². The number of ketones is 1. The highest BCUT2D eigenvalue weighted by Crippen LogP contribution is 2.29. The number of nitrogens with two attached hydrogens (primary N) is 1. The fourth-order valence-electron chi connectivity index (χ4n) is 3.50. The van der Waals surface area contributed by atoms with Crippen LogP contribution in [-0.2, 0) is 18.3 Å². The Morgan fingerprint density at radius 3 is 2.70 bits per heavy atom. The lowest BCUT2D eigenvalue weighted by molar-refractivity contribution is -0.117. The first-order chi connectivity index (χ1) is 15.8. The van der Waals surface area contributed by atoms with Crippen LogP contribution in [0.2, 0.25) is 0 Å². The Morgan fingerprint density at radius 2 is 1.94 bits per heavy atom. The molecule has 0 aliphatic heterocycles. The second-order valence-corrected chi connectivity index (χ2v) is 8.17. The van der Waals surface area contributed by atoms with Crippen LogP contribution in [0.3, 0.4) is 0 Å². The van der Waals surface area contributed by atoms with Crippen molar-refractivity contribution in [2.24, 2.45) is 12.8 Å². The minimum atomic E-state index is -0.336. The molecule has 0 amide bonds. The Labute approximate surface area is 191 Å². The summed E-state index contributed by atoms with van der Waals surface area (Å²) in [4.78, 5) is 20.4. The summed E-state index contributed by atoms with van der Waals surface area (Å²) in [5.41, 5.74) is 8.97. The van der Waals surface area contributed by atoms with Crippen molar-refractivity contribution in [2.45, 2.75) is 26.2 Å². The molecule has 3 N–H and O–H groups in total. The minimum absolute atomic E-state index is 0.0227. The largest absolute Gasteiger partial charge is 0.457 e. The Morgan fingerprint density at radius 1 is 1.15 bits per heavy atom. The molecule has 0 atom stereocenters. The van der Waals surface area contributed by atoms with E-state index >= 15 is 0 Å². The van der Waals surface area contributed by atoms with Crippen molar-refractivity contribution in [1.82, 2.24) is 14.5 Å². The smallest absolute Gasteiger partial charge is 0.208 e. The van der Waals surface area contributed by atoms with Gasteiger partial charge in [0.2, 0.25) is 5.95 Å². The van der Waals surface area contributed by atoms with Gasteiger partial charge in [0, 0.05) is 25.4 Å². The fourth-order valence-corrected chi connectivity index (χ4v) is 3.50. The Hall–Kier alpha value is -3.78. The van der Waals surface area contributed by atoms with Crippen LogP contribution in [0.25, 0.3) is 11.0 Å². The predicted octanol–water partition coefficient (Wildman–Crippen LogP) is 4.84. The van der Waals surface area contributed by atoms with Crippen LogP contribution >= 0.6 is 0 Å². The van der Waals surface area contributed by atoms with Crippen molar-refractivity contribution in [1.29, 1.82) is 0 Å². The number of anilines is 2. The molecule has 4 aromatic rings. The quantitative estimate of drug-likeness (QED) is 0.401. The lowest BCUT2D eigenvalue weighted by atomic mass is 10.0. The number of aromatic nitrogens is 3. The third-order valence-electron chi connectivity index (χ3n) is 5.39. The second kappa shape index (κ2) is 9.38. The summed E-state index contributed by atoms with van der Waals surface area (Å²) in [6.45, 7) is 4.11. The van der Waals surface area contributed by atoms with Gasteiger partial charge in [-0.05, 0) is 41.8 Å². The molecular formula is C25H26FN5O2. The van der Waals surface area contributed by atoms with Crippen molar-refractivity contribution in [3.05, 3.63) is 71.8 Å². The first-order valence-electron chi connectivity index (χ1n) is 10.7. The van der Waals surface area contributed by atoms with Gasteiger partial charge in [0.1, 0.15) is 17.3 Å². The maximum Gasteiger partial charge on any atom is 0.208 e. The molecule has 2 aromatic carbocycles. The minimum Gasteiger partial charge on any atom is -0.457 e. The lowest BCUT2D eigenvalue weighted by Gasteiger charge is -2.11. The standard InChI is InChI=1S/C25H26FN5O2/c1-15(2)16-4-6-21(26)22(10-16)29-25-30-23-13-19(5-7-24(23)31(25)3)33-20-8-9-28-17(12-20)11-18(32)14-27/h4-10,12-13,15H,11,14,27H2,1-3H3,(H,29,30). The molecule has 4 rings (SSSR count). The van der Waals surface area contributed by atoms with E-state index in [4.69, 9.17) is 10.5 Å². The van der Waals surface area contributed by atoms with Gasteiger partial charge in [0.05, 0.1) is 35.4 Å². The number of hydrogen-bond donors (Lipinski definition) is 2. The van der Waals surface area contributed by atoms with Crippen molar-refractivity contribution < 1.29 is 13.9 Å². The molecule has 0 aliphatic rings. The van der Waals surface area contributed by atoms with Crippen molar-refractivity contribution >= 4 is 28.5 Å². The summed E-state index contributed by atoms with van der Waals surface area (Å²) >= 11 is 0. The predicted molar refractivity (Wildman–Crippen MR) is 127 cm³/mol. The number of aryl methyl sites for hydroxylation is 1. The summed E-state index contributed by atoms with van der Waals surface area (Å²) in [7, 11) is 1.87. The number of rotatable bonds is 8. The first kappa shape index (κ1) is 22.4. The number of ether oxygens (including phenoxy) is 1. The van der Waals surface area contributed by atoms with E-state index in [2.05, 4.69) is 29.1 Å². The van der Waals surface area contributed by atoms with Gasteiger partial charge in [-0.15, -0.1) is 0 Å². The molecule has 0 fully saturated rings. The van der Waals surface area contributed by atoms with Crippen molar-refractivity contribution in [3.8, 4) is 11.5 Å². The number of halogens is 1. The van der Waals surface area contributed by atoms with Gasteiger partial charge in [-0.1, -0.05) is 19.9 Å². The molecule has 0 saturated heterocycles. The molecule has 0 bridgehead atoms. The zero-order valence-corrected chi connectivity index (χ0v) is 18.8. The second-order valence-electron chi connectivity index (χ2n) is 8.17. The highest BCUT2D eigenvalue weighted by Gasteiger charge is 2.13. The number of carbonyl (C=O) groups excluding carboxylic acids is 1. The van der Waals surface area contributed by atoms with Gasteiger partial charge in [-0.3, -0.25) is 9.78 Å². The number of imidazole rings is 1. The third-order valence-corrected chi connectivity index (χ3v) is 5.39. The number of nitrogens with zero attached hydrogens (tertiary/aromatic N) is 3. The van der Waals surface area contributed by atoms with Gasteiger partial charge in [0.25, 0.3) is 0 Å². The van der Waals surface area contributed by atoms with Crippen LogP contribution in [0.5, 0.6) is 11.5 Å². The van der Waals surface area contributed by atoms with E-state index in [1.165, 1.54) is 6.07 Å². The first-order valence-corrected chi connectivity index (χ1v) is 10.7. The lowest BCUT2D eigenvalue weighted by Crippen LogP contribution is -2.16. The number of fused-ring (bicyclic) bond motifs is 1. The average Bonchev–Trinajstić information content (AvgIpc) is 3.09. The normalized spacial score (nSPS) is 11.2. The summed E-state index contributed by atoms with van der Waals surface area (Å²) < 4.78 is 22.2. The monoisotopic (exact) mass is 447 g/mol. The Bertz CT molecular complexity index is 1320. The zero-order valence-electron chi connectivity index (χ0n) is 18.8. The number of nitrogens with one attached hydrogen (secondary N) is 1. The molecule has 0 saturated carbocycles. The summed E-state index contributed by atoms with van der Waals surface area (Å²) in [5, 5.41) is 3.11. The third kappa shape index (κ3) is 5.01. The number of hydrogen-bond acceptors (Lipinski definition) is 6. The van der Waals surface area contributed by atoms with E-state index in [0.29, 0.717) is 34.3 Å². The molecule has 7 nitrogen and oxygen atoms in total. The molecule has 170 valence electrons. The van der Waals surface area contributed by atoms with E-state index in [1.807, 2.05) is 35.9 Å². The van der Waals surface area contributed by atoms with E-state index < -0.39 is 0 Å². The molecule has 0 radical (unpaired) electrons. The van der Waals surface area contributed by atoms with Gasteiger partial charge >= 0.3 is 0 Å². The number of pyridine rings is 1. The van der Waals surface area contributed by atoms with Gasteiger partial charge in [-0.25, -0.2) is 9.37 Å². The van der Waals surface area contributed by atoms with Gasteiger partial charge in [0.15, 0.2) is 5.78 Å². The van der Waals surface area contributed by atoms with E-state index in [9.17, 15) is 9.18 Å². The molecular weight excluding hydrogens is 421 g/mol. The summed E-state index contributed by atoms with van der Waals surface area (Å²) in [6.07, 6.45) is 1.76. The molecule has 0 spiro atoms. The highest BCUT2D eigenvalue weighted by molar-refractivity contribution is 5.82. The Balaban J connectivity index is 1.58. The van der Waals surface area contributed by atoms with Gasteiger partial charge < -0.3 is 20.4 Å². The number of carbonyl (C=O) groups is 1. The van der Waals surface area contributed by atoms with Crippen LogP contribution < -0.4 is 15.8 Å². The van der Waals surface area contributed by atoms with E-state index in [0.717, 1.165) is 11.1 Å². The van der Waals surface area contributed by atoms with Crippen LogP contribution in [-0.4, -0.2) is 26.9 Å². The SMILES string of the molecule is CC(C)c1ccc(F)c(Nc2nc3cc(Oc4ccnc(CC(=O)CN)c4)ccc3n2C)c1. The summed E-state index contributed by atoms with van der Waals surface area (Å²) in [6, 6.07) is 14.0. The highest BCUT2D eigenvalue weighted by atomic mass is 19.1. The van der Waals surface area contributed by atoms with Crippen LogP contribution in [0.4, 0.5) is 16.0 Å². The number of Topliss-reactive ketones (excluding diaryl/α,β-unsaturated/α-hetero) is 1. The molecule has 8 heteroatoms.